The van der Waals surface area contributed by atoms with Gasteiger partial charge in [-0.05, 0) is 100.0 Å². The lowest BCUT2D eigenvalue weighted by Crippen LogP contribution is -2.43. The topological polar surface area (TPSA) is 83.9 Å². The Morgan fingerprint density at radius 2 is 1.82 bits per heavy atom. The summed E-state index contributed by atoms with van der Waals surface area (Å²) in [5.41, 5.74) is 7.90. The molecule has 200 valence electrons. The van der Waals surface area contributed by atoms with Crippen molar-refractivity contribution in [2.24, 2.45) is 0 Å². The van der Waals surface area contributed by atoms with E-state index in [9.17, 15) is 5.26 Å². The molecule has 6 rings (SSSR count). The molecule has 0 bridgehead atoms. The van der Waals surface area contributed by atoms with E-state index in [1.807, 2.05) is 12.4 Å². The summed E-state index contributed by atoms with van der Waals surface area (Å²) in [7, 11) is 0. The van der Waals surface area contributed by atoms with Crippen LogP contribution in [-0.4, -0.2) is 57.0 Å². The van der Waals surface area contributed by atoms with Crippen molar-refractivity contribution >= 4 is 22.3 Å². The van der Waals surface area contributed by atoms with E-state index in [1.54, 1.807) is 6.20 Å². The van der Waals surface area contributed by atoms with Gasteiger partial charge in [0, 0.05) is 66.6 Å². The number of aryl methyl sites for hydroxylation is 3. The highest BCUT2D eigenvalue weighted by Gasteiger charge is 2.26. The normalized spacial score (nSPS) is 17.0. The molecule has 2 saturated heterocycles. The van der Waals surface area contributed by atoms with Gasteiger partial charge in [0.1, 0.15) is 6.07 Å². The van der Waals surface area contributed by atoms with Crippen molar-refractivity contribution in [3.05, 3.63) is 83.1 Å². The second-order valence-corrected chi connectivity index (χ2v) is 11.0. The van der Waals surface area contributed by atoms with Gasteiger partial charge >= 0.3 is 0 Å². The van der Waals surface area contributed by atoms with Gasteiger partial charge in [-0.1, -0.05) is 6.07 Å². The van der Waals surface area contributed by atoms with E-state index in [-0.39, 0.29) is 0 Å². The number of pyridine rings is 2. The average molecular weight is 520 g/mol. The molecule has 2 aliphatic heterocycles. The van der Waals surface area contributed by atoms with Crippen molar-refractivity contribution in [2.75, 3.05) is 31.5 Å². The van der Waals surface area contributed by atoms with Crippen LogP contribution in [0.2, 0.25) is 0 Å². The van der Waals surface area contributed by atoms with Gasteiger partial charge in [0.05, 0.1) is 16.9 Å². The lowest BCUT2D eigenvalue weighted by atomic mass is 10.0. The molecule has 3 aromatic heterocycles. The van der Waals surface area contributed by atoms with E-state index in [4.69, 9.17) is 4.98 Å². The highest BCUT2D eigenvalue weighted by atomic mass is 15.2. The monoisotopic (exact) mass is 519 g/mol. The maximum atomic E-state index is 9.83. The lowest BCUT2D eigenvalue weighted by molar-refractivity contribution is 0.122. The van der Waals surface area contributed by atoms with Crippen molar-refractivity contribution in [3.63, 3.8) is 0 Å². The van der Waals surface area contributed by atoms with Gasteiger partial charge in [0.25, 0.3) is 0 Å². The van der Waals surface area contributed by atoms with Gasteiger partial charge in [-0.3, -0.25) is 14.9 Å². The molecule has 0 aliphatic carbocycles. The summed E-state index contributed by atoms with van der Waals surface area (Å²) in [6, 6.07) is 15.7. The third-order valence-electron chi connectivity index (χ3n) is 8.52. The van der Waals surface area contributed by atoms with Crippen LogP contribution >= 0.6 is 0 Å². The van der Waals surface area contributed by atoms with E-state index in [0.29, 0.717) is 5.56 Å². The van der Waals surface area contributed by atoms with Gasteiger partial charge in [-0.25, -0.2) is 0 Å². The highest BCUT2D eigenvalue weighted by molar-refractivity contribution is 5.89. The first kappa shape index (κ1) is 25.5. The highest BCUT2D eigenvalue weighted by Crippen LogP contribution is 2.31. The number of nitrogens with one attached hydrogen (secondary N) is 2. The number of hydrogen-bond donors (Lipinski definition) is 2. The molecule has 1 aromatic carbocycles. The second-order valence-electron chi connectivity index (χ2n) is 11.0. The Bertz CT molecular complexity index is 1470. The van der Waals surface area contributed by atoms with Crippen LogP contribution in [0.1, 0.15) is 53.8 Å². The Labute approximate surface area is 230 Å². The molecular formula is C32H37N7. The summed E-state index contributed by atoms with van der Waals surface area (Å²) in [5, 5.41) is 14.6. The number of nitriles is 1. The maximum absolute atomic E-state index is 9.83. The summed E-state index contributed by atoms with van der Waals surface area (Å²) < 4.78 is 0. The third-order valence-corrected chi connectivity index (χ3v) is 8.52. The van der Waals surface area contributed by atoms with E-state index < -0.39 is 0 Å². The molecule has 4 aromatic rings. The maximum Gasteiger partial charge on any atom is 0.103 e. The standard InChI is InChI=1S/C32H37N7/c1-23-29-11-14-35-31(29)10-9-30(23)37-32-24(20-34-21-25(32)19-33)7-8-26-5-4-6-27(36-26)22-38-17-12-28(13-18-38)39-15-2-3-16-39/h4-6,9-11,14,20-21,28,35H,2-3,7-8,12-13,15-18,22H2,1H3,(H,34,37). The van der Waals surface area contributed by atoms with Gasteiger partial charge in [0.2, 0.25) is 0 Å². The van der Waals surface area contributed by atoms with Gasteiger partial charge in [-0.2, -0.15) is 5.26 Å². The SMILES string of the molecule is Cc1c(Nc2c(C#N)cncc2CCc2cccc(CN3CCC(N4CCCC4)CC3)n2)ccc2[nH]ccc12. The number of piperidine rings is 1. The van der Waals surface area contributed by atoms with Gasteiger partial charge in [-0.15, -0.1) is 0 Å². The third kappa shape index (κ3) is 5.68. The first-order chi connectivity index (χ1) is 19.2. The molecular weight excluding hydrogens is 482 g/mol. The molecule has 0 spiro atoms. The number of nitrogens with zero attached hydrogens (tertiary/aromatic N) is 5. The predicted molar refractivity (Wildman–Crippen MR) is 156 cm³/mol. The van der Waals surface area contributed by atoms with Crippen LogP contribution in [0, 0.1) is 18.3 Å². The molecule has 0 amide bonds. The van der Waals surface area contributed by atoms with Crippen LogP contribution < -0.4 is 5.32 Å². The summed E-state index contributed by atoms with van der Waals surface area (Å²) in [6.45, 7) is 7.92. The van der Waals surface area contributed by atoms with Crippen LogP contribution in [0.15, 0.2) is 55.0 Å². The van der Waals surface area contributed by atoms with Crippen molar-refractivity contribution in [1.82, 2.24) is 24.8 Å². The summed E-state index contributed by atoms with van der Waals surface area (Å²) >= 11 is 0. The number of fused-ring (bicyclic) bond motifs is 1. The number of H-pyrrole nitrogens is 1. The number of rotatable bonds is 8. The predicted octanol–water partition coefficient (Wildman–Crippen LogP) is 5.73. The van der Waals surface area contributed by atoms with Crippen LogP contribution in [0.3, 0.4) is 0 Å². The summed E-state index contributed by atoms with van der Waals surface area (Å²) in [4.78, 5) is 17.9. The molecule has 2 aliphatic rings. The Morgan fingerprint density at radius 1 is 1.00 bits per heavy atom. The molecule has 2 N–H and O–H groups in total. The van der Waals surface area contributed by atoms with Crippen LogP contribution in [0.25, 0.3) is 10.9 Å². The fourth-order valence-electron chi connectivity index (χ4n) is 6.28. The Kier molecular flexibility index (Phi) is 7.57. The zero-order chi connectivity index (χ0) is 26.6. The molecule has 0 saturated carbocycles. The number of benzene rings is 1. The minimum atomic E-state index is 0.556. The molecule has 39 heavy (non-hydrogen) atoms. The average Bonchev–Trinajstić information content (AvgIpc) is 3.68. The fourth-order valence-corrected chi connectivity index (χ4v) is 6.28. The van der Waals surface area contributed by atoms with Gasteiger partial charge in [0.15, 0.2) is 0 Å². The number of hydrogen-bond acceptors (Lipinski definition) is 6. The molecule has 5 heterocycles. The van der Waals surface area contributed by atoms with Gasteiger partial charge < -0.3 is 15.2 Å². The molecule has 0 unspecified atom stereocenters. The molecule has 7 nitrogen and oxygen atoms in total. The fraction of sp³-hybridized carbons (Fsp3) is 0.406. The minimum Gasteiger partial charge on any atom is -0.361 e. The Morgan fingerprint density at radius 3 is 2.64 bits per heavy atom. The van der Waals surface area contributed by atoms with Crippen LogP contribution in [0.5, 0.6) is 0 Å². The van der Waals surface area contributed by atoms with E-state index >= 15 is 0 Å². The second kappa shape index (κ2) is 11.6. The molecule has 0 radical (unpaired) electrons. The Hall–Kier alpha value is -3.73. The van der Waals surface area contributed by atoms with E-state index in [0.717, 1.165) is 77.9 Å². The lowest BCUT2D eigenvalue weighted by Gasteiger charge is -2.36. The zero-order valence-electron chi connectivity index (χ0n) is 22.8. The number of aromatic nitrogens is 3. The number of aromatic amines is 1. The molecule has 7 heteroatoms. The summed E-state index contributed by atoms with van der Waals surface area (Å²) in [6.07, 6.45) is 12.3. The van der Waals surface area contributed by atoms with Crippen LogP contribution in [-0.2, 0) is 19.4 Å². The van der Waals surface area contributed by atoms with Crippen molar-refractivity contribution < 1.29 is 0 Å². The zero-order valence-corrected chi connectivity index (χ0v) is 22.8. The smallest absolute Gasteiger partial charge is 0.103 e. The Balaban J connectivity index is 1.12. The number of likely N-dealkylation sites (tertiary alicyclic amines) is 2. The van der Waals surface area contributed by atoms with Crippen LogP contribution in [0.4, 0.5) is 11.4 Å². The van der Waals surface area contributed by atoms with Crippen molar-refractivity contribution in [1.29, 1.82) is 5.26 Å². The molecule has 2 fully saturated rings. The minimum absolute atomic E-state index is 0.556. The largest absolute Gasteiger partial charge is 0.361 e. The first-order valence-corrected chi connectivity index (χ1v) is 14.3. The van der Waals surface area contributed by atoms with Crippen molar-refractivity contribution in [2.45, 2.75) is 58.0 Å². The van der Waals surface area contributed by atoms with E-state index in [1.165, 1.54) is 44.2 Å². The first-order valence-electron chi connectivity index (χ1n) is 14.3. The summed E-state index contributed by atoms with van der Waals surface area (Å²) in [5.74, 6) is 0. The quantitative estimate of drug-likeness (QED) is 0.309. The van der Waals surface area contributed by atoms with E-state index in [2.05, 4.69) is 74.5 Å². The molecule has 0 atom stereocenters. The van der Waals surface area contributed by atoms with Crippen molar-refractivity contribution in [3.8, 4) is 6.07 Å². The number of anilines is 2.